The first-order chi connectivity index (χ1) is 12.9. The second-order valence-electron chi connectivity index (χ2n) is 6.75. The molecule has 1 aliphatic rings. The van der Waals surface area contributed by atoms with E-state index in [2.05, 4.69) is 20.7 Å². The molecule has 0 saturated heterocycles. The van der Waals surface area contributed by atoms with Crippen LogP contribution in [-0.2, 0) is 11.3 Å². The van der Waals surface area contributed by atoms with Gasteiger partial charge in [0.25, 0.3) is 0 Å². The average Bonchev–Trinajstić information content (AvgIpc) is 3.07. The number of carboxylic acid groups (broad SMARTS) is 1. The molecule has 9 heteroatoms. The van der Waals surface area contributed by atoms with Crippen molar-refractivity contribution in [1.82, 2.24) is 25.4 Å². The van der Waals surface area contributed by atoms with Gasteiger partial charge in [-0.15, -0.1) is 0 Å². The minimum Gasteiger partial charge on any atom is -0.481 e. The second-order valence-corrected chi connectivity index (χ2v) is 7.19. The molecule has 0 radical (unpaired) electrons. The van der Waals surface area contributed by atoms with Crippen molar-refractivity contribution in [1.29, 1.82) is 0 Å². The fourth-order valence-corrected chi connectivity index (χ4v) is 3.36. The topological polar surface area (TPSA) is 109 Å². The summed E-state index contributed by atoms with van der Waals surface area (Å²) < 4.78 is 1.58. The van der Waals surface area contributed by atoms with Crippen molar-refractivity contribution in [3.8, 4) is 5.82 Å². The lowest BCUT2D eigenvalue weighted by Crippen LogP contribution is -2.44. The molecule has 27 heavy (non-hydrogen) atoms. The highest BCUT2D eigenvalue weighted by molar-refractivity contribution is 6.30. The van der Waals surface area contributed by atoms with Crippen molar-refractivity contribution in [3.05, 3.63) is 40.8 Å². The fraction of sp³-hybridized carbons (Fsp3) is 0.444. The van der Waals surface area contributed by atoms with Gasteiger partial charge in [-0.1, -0.05) is 17.7 Å². The molecule has 2 amide bonds. The monoisotopic (exact) mass is 391 g/mol. The molecule has 3 rings (SSSR count). The number of amides is 2. The number of hydrogen-bond acceptors (Lipinski definition) is 4. The van der Waals surface area contributed by atoms with Crippen LogP contribution < -0.4 is 10.6 Å². The number of carbonyl (C=O) groups is 2. The van der Waals surface area contributed by atoms with Gasteiger partial charge >= 0.3 is 12.0 Å². The number of aliphatic carboxylic acids is 1. The summed E-state index contributed by atoms with van der Waals surface area (Å²) in [5.74, 6) is -0.437. The van der Waals surface area contributed by atoms with E-state index in [0.717, 1.165) is 11.3 Å². The van der Waals surface area contributed by atoms with Crippen LogP contribution >= 0.6 is 11.6 Å². The van der Waals surface area contributed by atoms with E-state index in [4.69, 9.17) is 16.7 Å². The molecule has 1 saturated carbocycles. The smallest absolute Gasteiger partial charge is 0.315 e. The Hall–Kier alpha value is -2.61. The lowest BCUT2D eigenvalue weighted by Gasteiger charge is -2.26. The van der Waals surface area contributed by atoms with E-state index in [1.165, 1.54) is 6.20 Å². The standard InChI is InChI=1S/C18H22ClN5O3/c1-11-2-3-13(16(22-11)24-10-14(19)9-21-24)8-20-18(27)23-15-6-4-12(5-7-15)17(25)26/h2-3,9-10,12,15H,4-8H2,1H3,(H,25,26)(H2,20,23,27). The Labute approximate surface area is 161 Å². The van der Waals surface area contributed by atoms with Crippen molar-refractivity contribution >= 4 is 23.6 Å². The Balaban J connectivity index is 1.57. The molecule has 1 fully saturated rings. The molecule has 0 spiro atoms. The quantitative estimate of drug-likeness (QED) is 0.725. The summed E-state index contributed by atoms with van der Waals surface area (Å²) in [6, 6.07) is 3.49. The molecule has 2 heterocycles. The number of carbonyl (C=O) groups excluding carboxylic acids is 1. The van der Waals surface area contributed by atoms with Gasteiger partial charge in [0, 0.05) is 23.8 Å². The molecule has 2 aromatic rings. The molecule has 0 aromatic carbocycles. The zero-order valence-corrected chi connectivity index (χ0v) is 15.7. The first-order valence-electron chi connectivity index (χ1n) is 8.86. The van der Waals surface area contributed by atoms with Crippen LogP contribution in [0.1, 0.15) is 36.9 Å². The number of urea groups is 1. The molecule has 144 valence electrons. The highest BCUT2D eigenvalue weighted by Gasteiger charge is 2.26. The summed E-state index contributed by atoms with van der Waals surface area (Å²) in [6.07, 6.45) is 5.72. The first kappa shape index (κ1) is 19.2. The fourth-order valence-electron chi connectivity index (χ4n) is 3.22. The number of aryl methyl sites for hydroxylation is 1. The largest absolute Gasteiger partial charge is 0.481 e. The van der Waals surface area contributed by atoms with Crippen LogP contribution in [0.5, 0.6) is 0 Å². The number of aromatic nitrogens is 3. The molecule has 0 aliphatic heterocycles. The van der Waals surface area contributed by atoms with E-state index >= 15 is 0 Å². The van der Waals surface area contributed by atoms with Gasteiger partial charge in [0.15, 0.2) is 5.82 Å². The van der Waals surface area contributed by atoms with Crippen LogP contribution in [0.25, 0.3) is 5.82 Å². The van der Waals surface area contributed by atoms with Crippen molar-refractivity contribution in [2.45, 2.75) is 45.2 Å². The van der Waals surface area contributed by atoms with E-state index in [9.17, 15) is 9.59 Å². The lowest BCUT2D eigenvalue weighted by atomic mass is 9.86. The van der Waals surface area contributed by atoms with Crippen LogP contribution in [0.3, 0.4) is 0 Å². The Bertz CT molecular complexity index is 830. The van der Waals surface area contributed by atoms with Crippen LogP contribution in [-0.4, -0.2) is 37.9 Å². The number of carboxylic acids is 1. The molecular formula is C18H22ClN5O3. The van der Waals surface area contributed by atoms with E-state index < -0.39 is 5.97 Å². The van der Waals surface area contributed by atoms with Gasteiger partial charge < -0.3 is 15.7 Å². The van der Waals surface area contributed by atoms with Gasteiger partial charge in [-0.05, 0) is 38.7 Å². The molecular weight excluding hydrogens is 370 g/mol. The van der Waals surface area contributed by atoms with Crippen LogP contribution in [0, 0.1) is 12.8 Å². The van der Waals surface area contributed by atoms with Crippen molar-refractivity contribution in [2.75, 3.05) is 0 Å². The van der Waals surface area contributed by atoms with E-state index in [1.807, 2.05) is 19.1 Å². The minimum atomic E-state index is -0.754. The first-order valence-corrected chi connectivity index (χ1v) is 9.24. The highest BCUT2D eigenvalue weighted by Crippen LogP contribution is 2.24. The third-order valence-electron chi connectivity index (χ3n) is 4.71. The Morgan fingerprint density at radius 2 is 2.04 bits per heavy atom. The Morgan fingerprint density at radius 1 is 1.30 bits per heavy atom. The Morgan fingerprint density at radius 3 is 2.67 bits per heavy atom. The third-order valence-corrected chi connectivity index (χ3v) is 4.91. The molecule has 0 unspecified atom stereocenters. The lowest BCUT2D eigenvalue weighted by molar-refractivity contribution is -0.142. The summed E-state index contributed by atoms with van der Waals surface area (Å²) in [7, 11) is 0. The molecule has 3 N–H and O–H groups in total. The molecule has 8 nitrogen and oxygen atoms in total. The summed E-state index contributed by atoms with van der Waals surface area (Å²) in [4.78, 5) is 27.7. The maximum atomic E-state index is 12.2. The Kier molecular flexibility index (Phi) is 5.95. The van der Waals surface area contributed by atoms with Gasteiger partial charge in [0.1, 0.15) is 0 Å². The van der Waals surface area contributed by atoms with Crippen LogP contribution in [0.15, 0.2) is 24.5 Å². The summed E-state index contributed by atoms with van der Waals surface area (Å²) in [5, 5.41) is 19.5. The molecule has 0 atom stereocenters. The maximum Gasteiger partial charge on any atom is 0.315 e. The average molecular weight is 392 g/mol. The number of nitrogens with one attached hydrogen (secondary N) is 2. The normalized spacial score (nSPS) is 19.5. The zero-order chi connectivity index (χ0) is 19.4. The van der Waals surface area contributed by atoms with E-state index in [1.54, 1.807) is 10.9 Å². The van der Waals surface area contributed by atoms with Crippen molar-refractivity contribution < 1.29 is 14.7 Å². The van der Waals surface area contributed by atoms with Gasteiger partial charge in [-0.25, -0.2) is 14.5 Å². The van der Waals surface area contributed by atoms with Gasteiger partial charge in [-0.2, -0.15) is 5.10 Å². The summed E-state index contributed by atoms with van der Waals surface area (Å²) >= 11 is 5.94. The van der Waals surface area contributed by atoms with Crippen molar-refractivity contribution in [2.24, 2.45) is 5.92 Å². The predicted molar refractivity (Wildman–Crippen MR) is 99.9 cm³/mol. The highest BCUT2D eigenvalue weighted by atomic mass is 35.5. The molecule has 0 bridgehead atoms. The number of rotatable bonds is 5. The van der Waals surface area contributed by atoms with Crippen LogP contribution in [0.2, 0.25) is 5.02 Å². The van der Waals surface area contributed by atoms with Gasteiger partial charge in [0.2, 0.25) is 0 Å². The number of nitrogens with zero attached hydrogens (tertiary/aromatic N) is 3. The van der Waals surface area contributed by atoms with Crippen molar-refractivity contribution in [3.63, 3.8) is 0 Å². The number of hydrogen-bond donors (Lipinski definition) is 3. The summed E-state index contributed by atoms with van der Waals surface area (Å²) in [6.45, 7) is 2.17. The number of pyridine rings is 1. The van der Waals surface area contributed by atoms with E-state index in [0.29, 0.717) is 36.5 Å². The maximum absolute atomic E-state index is 12.2. The minimum absolute atomic E-state index is 0.00105. The van der Waals surface area contributed by atoms with E-state index in [-0.39, 0.29) is 24.5 Å². The molecule has 2 aromatic heterocycles. The van der Waals surface area contributed by atoms with Crippen LogP contribution in [0.4, 0.5) is 4.79 Å². The SMILES string of the molecule is Cc1ccc(CNC(=O)NC2CCC(C(=O)O)CC2)c(-n2cc(Cl)cn2)n1. The van der Waals surface area contributed by atoms with Gasteiger partial charge in [-0.3, -0.25) is 4.79 Å². The summed E-state index contributed by atoms with van der Waals surface area (Å²) in [5.41, 5.74) is 1.64. The number of halogens is 1. The molecule has 1 aliphatic carbocycles. The van der Waals surface area contributed by atoms with Gasteiger partial charge in [0.05, 0.1) is 23.3 Å². The second kappa shape index (κ2) is 8.39. The predicted octanol–water partition coefficient (Wildman–Crippen LogP) is 2.67. The zero-order valence-electron chi connectivity index (χ0n) is 15.0. The third kappa shape index (κ3) is 4.97.